The fraction of sp³-hybridized carbons (Fsp3) is 0.533. The molecule has 1 aromatic carbocycles. The van der Waals surface area contributed by atoms with Crippen molar-refractivity contribution in [2.24, 2.45) is 11.7 Å². The van der Waals surface area contributed by atoms with E-state index in [0.29, 0.717) is 18.2 Å². The molecule has 1 fully saturated rings. The zero-order valence-electron chi connectivity index (χ0n) is 11.9. The Morgan fingerprint density at radius 2 is 2.30 bits per heavy atom. The van der Waals surface area contributed by atoms with Crippen LogP contribution < -0.4 is 15.8 Å². The fourth-order valence-corrected chi connectivity index (χ4v) is 2.60. The van der Waals surface area contributed by atoms with Crippen molar-refractivity contribution in [3.05, 3.63) is 28.7 Å². The van der Waals surface area contributed by atoms with Crippen LogP contribution >= 0.6 is 15.9 Å². The standard InChI is InChI=1S/C15H21BrN2O2/c1-10(20-13-5-3-4-12(16)8-13)14(19)18-15(2,9-17)11-6-7-11/h3-5,8,10-11H,6-7,9,17H2,1-2H3,(H,18,19). The van der Waals surface area contributed by atoms with E-state index in [1.54, 1.807) is 6.92 Å². The highest BCUT2D eigenvalue weighted by molar-refractivity contribution is 9.10. The van der Waals surface area contributed by atoms with Crippen molar-refractivity contribution in [2.45, 2.75) is 38.3 Å². The molecule has 1 saturated carbocycles. The smallest absolute Gasteiger partial charge is 0.261 e. The van der Waals surface area contributed by atoms with Gasteiger partial charge in [0.15, 0.2) is 6.10 Å². The quantitative estimate of drug-likeness (QED) is 0.835. The molecule has 5 heteroatoms. The normalized spacial score (nSPS) is 19.0. The summed E-state index contributed by atoms with van der Waals surface area (Å²) in [6.07, 6.45) is 1.72. The lowest BCUT2D eigenvalue weighted by atomic mass is 9.95. The molecular weight excluding hydrogens is 320 g/mol. The maximum Gasteiger partial charge on any atom is 0.261 e. The van der Waals surface area contributed by atoms with Gasteiger partial charge in [0.05, 0.1) is 5.54 Å². The van der Waals surface area contributed by atoms with Crippen molar-refractivity contribution in [1.29, 1.82) is 0 Å². The number of benzene rings is 1. The number of hydrogen-bond acceptors (Lipinski definition) is 3. The monoisotopic (exact) mass is 340 g/mol. The highest BCUT2D eigenvalue weighted by Gasteiger charge is 2.42. The Morgan fingerprint density at radius 1 is 1.60 bits per heavy atom. The molecule has 0 aromatic heterocycles. The molecule has 1 aliphatic carbocycles. The second-order valence-electron chi connectivity index (χ2n) is 5.60. The van der Waals surface area contributed by atoms with Gasteiger partial charge in [0, 0.05) is 11.0 Å². The number of nitrogens with one attached hydrogen (secondary N) is 1. The topological polar surface area (TPSA) is 64.3 Å². The summed E-state index contributed by atoms with van der Waals surface area (Å²) < 4.78 is 6.59. The van der Waals surface area contributed by atoms with Crippen LogP contribution in [0.25, 0.3) is 0 Å². The van der Waals surface area contributed by atoms with E-state index in [4.69, 9.17) is 10.5 Å². The van der Waals surface area contributed by atoms with Crippen LogP contribution in [0.1, 0.15) is 26.7 Å². The molecule has 20 heavy (non-hydrogen) atoms. The zero-order valence-corrected chi connectivity index (χ0v) is 13.4. The van der Waals surface area contributed by atoms with Crippen molar-refractivity contribution in [2.75, 3.05) is 6.54 Å². The SMILES string of the molecule is CC(Oc1cccc(Br)c1)C(=O)NC(C)(CN)C1CC1. The van der Waals surface area contributed by atoms with Gasteiger partial charge >= 0.3 is 0 Å². The number of amides is 1. The second-order valence-corrected chi connectivity index (χ2v) is 6.52. The Kier molecular flexibility index (Phi) is 4.70. The molecule has 0 heterocycles. The maximum atomic E-state index is 12.2. The molecule has 2 unspecified atom stereocenters. The van der Waals surface area contributed by atoms with Gasteiger partial charge in [-0.3, -0.25) is 4.79 Å². The Balaban J connectivity index is 1.95. The molecule has 1 aromatic rings. The van der Waals surface area contributed by atoms with Crippen LogP contribution in [0.5, 0.6) is 5.75 Å². The van der Waals surface area contributed by atoms with E-state index in [2.05, 4.69) is 21.2 Å². The average molecular weight is 341 g/mol. The molecule has 110 valence electrons. The van der Waals surface area contributed by atoms with Crippen molar-refractivity contribution in [3.63, 3.8) is 0 Å². The minimum atomic E-state index is -0.547. The van der Waals surface area contributed by atoms with Gasteiger partial charge in [0.1, 0.15) is 5.75 Å². The largest absolute Gasteiger partial charge is 0.481 e. The van der Waals surface area contributed by atoms with E-state index >= 15 is 0 Å². The highest BCUT2D eigenvalue weighted by atomic mass is 79.9. The lowest BCUT2D eigenvalue weighted by molar-refractivity contribution is -0.129. The molecule has 3 N–H and O–H groups in total. The van der Waals surface area contributed by atoms with Crippen LogP contribution in [0.3, 0.4) is 0 Å². The molecule has 0 aliphatic heterocycles. The van der Waals surface area contributed by atoms with Crippen LogP contribution in [-0.4, -0.2) is 24.1 Å². The number of carbonyl (C=O) groups is 1. The number of hydrogen-bond donors (Lipinski definition) is 2. The zero-order chi connectivity index (χ0) is 14.8. The van der Waals surface area contributed by atoms with E-state index < -0.39 is 6.10 Å². The van der Waals surface area contributed by atoms with Gasteiger partial charge in [0.25, 0.3) is 5.91 Å². The van der Waals surface area contributed by atoms with Crippen LogP contribution in [0, 0.1) is 5.92 Å². The first kappa shape index (κ1) is 15.3. The number of halogens is 1. The predicted octanol–water partition coefficient (Wildman–Crippen LogP) is 2.46. The first-order valence-electron chi connectivity index (χ1n) is 6.89. The lowest BCUT2D eigenvalue weighted by Crippen LogP contribution is -2.56. The van der Waals surface area contributed by atoms with Gasteiger partial charge in [-0.05, 0) is 50.8 Å². The van der Waals surface area contributed by atoms with Crippen molar-refractivity contribution in [3.8, 4) is 5.75 Å². The number of ether oxygens (including phenoxy) is 1. The van der Waals surface area contributed by atoms with E-state index in [0.717, 1.165) is 17.3 Å². The van der Waals surface area contributed by atoms with E-state index in [-0.39, 0.29) is 11.4 Å². The molecular formula is C15H21BrN2O2. The van der Waals surface area contributed by atoms with Crippen LogP contribution in [0.2, 0.25) is 0 Å². The first-order chi connectivity index (χ1) is 9.44. The van der Waals surface area contributed by atoms with Crippen molar-refractivity contribution < 1.29 is 9.53 Å². The van der Waals surface area contributed by atoms with Gasteiger partial charge in [-0.15, -0.1) is 0 Å². The molecule has 0 radical (unpaired) electrons. The van der Waals surface area contributed by atoms with Gasteiger partial charge in [-0.1, -0.05) is 22.0 Å². The Labute approximate surface area is 128 Å². The highest BCUT2D eigenvalue weighted by Crippen LogP contribution is 2.39. The summed E-state index contributed by atoms with van der Waals surface area (Å²) in [5, 5.41) is 3.04. The fourth-order valence-electron chi connectivity index (χ4n) is 2.22. The average Bonchev–Trinajstić information content (AvgIpc) is 3.23. The molecule has 2 rings (SSSR count). The third kappa shape index (κ3) is 3.73. The maximum absolute atomic E-state index is 12.2. The molecule has 1 aliphatic rings. The second kappa shape index (κ2) is 6.14. The summed E-state index contributed by atoms with van der Waals surface area (Å²) >= 11 is 3.38. The van der Waals surface area contributed by atoms with E-state index in [1.807, 2.05) is 31.2 Å². The summed E-state index contributed by atoms with van der Waals surface area (Å²) in [5.74, 6) is 1.04. The number of nitrogens with two attached hydrogens (primary N) is 1. The molecule has 0 saturated heterocycles. The van der Waals surface area contributed by atoms with Crippen LogP contribution in [0.4, 0.5) is 0 Å². The van der Waals surface area contributed by atoms with Crippen LogP contribution in [-0.2, 0) is 4.79 Å². The minimum absolute atomic E-state index is 0.121. The predicted molar refractivity (Wildman–Crippen MR) is 82.6 cm³/mol. The first-order valence-corrected chi connectivity index (χ1v) is 7.68. The van der Waals surface area contributed by atoms with Gasteiger partial charge < -0.3 is 15.8 Å². The summed E-state index contributed by atoms with van der Waals surface area (Å²) in [7, 11) is 0. The van der Waals surface area contributed by atoms with Gasteiger partial charge in [0.2, 0.25) is 0 Å². The molecule has 0 spiro atoms. The van der Waals surface area contributed by atoms with E-state index in [9.17, 15) is 4.79 Å². The summed E-state index contributed by atoms with van der Waals surface area (Å²) in [6, 6.07) is 7.46. The summed E-state index contributed by atoms with van der Waals surface area (Å²) in [4.78, 5) is 12.2. The van der Waals surface area contributed by atoms with Gasteiger partial charge in [-0.25, -0.2) is 0 Å². The molecule has 0 bridgehead atoms. The third-order valence-corrected chi connectivity index (χ3v) is 4.28. The molecule has 2 atom stereocenters. The van der Waals surface area contributed by atoms with Crippen molar-refractivity contribution >= 4 is 21.8 Å². The minimum Gasteiger partial charge on any atom is -0.481 e. The molecule has 4 nitrogen and oxygen atoms in total. The lowest BCUT2D eigenvalue weighted by Gasteiger charge is -2.31. The Morgan fingerprint density at radius 3 is 2.85 bits per heavy atom. The van der Waals surface area contributed by atoms with Crippen LogP contribution in [0.15, 0.2) is 28.7 Å². The summed E-state index contributed by atoms with van der Waals surface area (Å²) in [5.41, 5.74) is 5.49. The van der Waals surface area contributed by atoms with E-state index in [1.165, 1.54) is 0 Å². The van der Waals surface area contributed by atoms with Gasteiger partial charge in [-0.2, -0.15) is 0 Å². The summed E-state index contributed by atoms with van der Waals surface area (Å²) in [6.45, 7) is 4.21. The number of rotatable bonds is 6. The molecule has 1 amide bonds. The third-order valence-electron chi connectivity index (χ3n) is 3.79. The number of carbonyl (C=O) groups excluding carboxylic acids is 1. The Bertz CT molecular complexity index is 491. The Hall–Kier alpha value is -1.07. The van der Waals surface area contributed by atoms with Crippen molar-refractivity contribution in [1.82, 2.24) is 5.32 Å².